The summed E-state index contributed by atoms with van der Waals surface area (Å²) in [5, 5.41) is 2.58. The number of fused-ring (bicyclic) bond motifs is 1. The third-order valence-electron chi connectivity index (χ3n) is 6.34. The van der Waals surface area contributed by atoms with E-state index in [2.05, 4.69) is 5.32 Å². The van der Waals surface area contributed by atoms with Crippen molar-refractivity contribution >= 4 is 17.7 Å². The highest BCUT2D eigenvalue weighted by atomic mass is 19.4. The summed E-state index contributed by atoms with van der Waals surface area (Å²) < 4.78 is 87.3. The van der Waals surface area contributed by atoms with E-state index in [1.807, 2.05) is 0 Å². The number of carbonyl (C=O) groups excluding carboxylic acids is 3. The lowest BCUT2D eigenvalue weighted by Gasteiger charge is -2.42. The van der Waals surface area contributed by atoms with Crippen molar-refractivity contribution in [2.75, 3.05) is 40.9 Å². The molecule has 2 unspecified atom stereocenters. The maximum atomic E-state index is 13.7. The zero-order valence-corrected chi connectivity index (χ0v) is 21.3. The molecule has 0 spiro atoms. The Balaban J connectivity index is 2.28. The number of amides is 3. The molecule has 39 heavy (non-hydrogen) atoms. The van der Waals surface area contributed by atoms with Gasteiger partial charge in [0.1, 0.15) is 0 Å². The molecule has 7 nitrogen and oxygen atoms in total. The molecule has 0 fully saturated rings. The Hall–Kier alpha value is -3.61. The largest absolute Gasteiger partial charge is 0.416 e. The van der Waals surface area contributed by atoms with E-state index in [0.717, 1.165) is 4.90 Å². The number of nitrogens with zero attached hydrogens (tertiary/aromatic N) is 2. The molecule has 1 aliphatic heterocycles. The number of hydrogen-bond acceptors (Lipinski definition) is 4. The minimum absolute atomic E-state index is 0.00414. The SMILES string of the molecule is COCCNC(=O)C1c2ccccc2C(=O)N(CCC(=O)N(C)C)C1c1cc(C(F)(F)F)cc(C(F)(F)F)c1. The van der Waals surface area contributed by atoms with E-state index >= 15 is 0 Å². The van der Waals surface area contributed by atoms with Crippen LogP contribution < -0.4 is 5.32 Å². The second-order valence-corrected chi connectivity index (χ2v) is 9.17. The van der Waals surface area contributed by atoms with E-state index in [-0.39, 0.29) is 43.3 Å². The monoisotopic (exact) mass is 559 g/mol. The van der Waals surface area contributed by atoms with Crippen molar-refractivity contribution in [2.24, 2.45) is 0 Å². The zero-order valence-electron chi connectivity index (χ0n) is 21.3. The molecule has 1 N–H and O–H groups in total. The molecular formula is C26H27F6N3O4. The Morgan fingerprint density at radius 2 is 1.59 bits per heavy atom. The number of alkyl halides is 6. The van der Waals surface area contributed by atoms with Crippen LogP contribution in [0.4, 0.5) is 26.3 Å². The maximum Gasteiger partial charge on any atom is 0.416 e. The third-order valence-corrected chi connectivity index (χ3v) is 6.34. The fraction of sp³-hybridized carbons (Fsp3) is 0.423. The van der Waals surface area contributed by atoms with Gasteiger partial charge in [-0.1, -0.05) is 18.2 Å². The summed E-state index contributed by atoms with van der Waals surface area (Å²) in [5.74, 6) is -3.27. The summed E-state index contributed by atoms with van der Waals surface area (Å²) in [6, 6.07) is 5.31. The summed E-state index contributed by atoms with van der Waals surface area (Å²) in [5.41, 5.74) is -3.50. The summed E-state index contributed by atoms with van der Waals surface area (Å²) >= 11 is 0. The smallest absolute Gasteiger partial charge is 0.383 e. The van der Waals surface area contributed by atoms with E-state index in [0.29, 0.717) is 12.1 Å². The van der Waals surface area contributed by atoms with Gasteiger partial charge in [0, 0.05) is 46.3 Å². The van der Waals surface area contributed by atoms with Crippen LogP contribution in [-0.2, 0) is 26.7 Å². The molecule has 3 rings (SSSR count). The van der Waals surface area contributed by atoms with Crippen molar-refractivity contribution in [3.05, 3.63) is 70.3 Å². The number of methoxy groups -OCH3 is 1. The molecule has 0 saturated carbocycles. The summed E-state index contributed by atoms with van der Waals surface area (Å²) in [4.78, 5) is 41.6. The fourth-order valence-electron chi connectivity index (χ4n) is 4.47. The molecule has 212 valence electrons. The van der Waals surface area contributed by atoms with E-state index < -0.39 is 58.7 Å². The Morgan fingerprint density at radius 3 is 2.13 bits per heavy atom. The van der Waals surface area contributed by atoms with Crippen LogP contribution in [0.5, 0.6) is 0 Å². The molecule has 2 aromatic carbocycles. The van der Waals surface area contributed by atoms with Gasteiger partial charge in [-0.05, 0) is 35.4 Å². The molecule has 0 aliphatic carbocycles. The Kier molecular flexibility index (Phi) is 8.94. The van der Waals surface area contributed by atoms with Gasteiger partial charge in [0.2, 0.25) is 11.8 Å². The van der Waals surface area contributed by atoms with Gasteiger partial charge >= 0.3 is 12.4 Å². The highest BCUT2D eigenvalue weighted by Gasteiger charge is 2.46. The molecular weight excluding hydrogens is 532 g/mol. The van der Waals surface area contributed by atoms with Crippen molar-refractivity contribution in [1.82, 2.24) is 15.1 Å². The predicted octanol–water partition coefficient (Wildman–Crippen LogP) is 4.25. The number of nitrogens with one attached hydrogen (secondary N) is 1. The molecule has 1 heterocycles. The normalized spacial score (nSPS) is 17.6. The second-order valence-electron chi connectivity index (χ2n) is 9.17. The second kappa shape index (κ2) is 11.6. The Morgan fingerprint density at radius 1 is 1.00 bits per heavy atom. The predicted molar refractivity (Wildman–Crippen MR) is 128 cm³/mol. The topological polar surface area (TPSA) is 79.0 Å². The fourth-order valence-corrected chi connectivity index (χ4v) is 4.47. The van der Waals surface area contributed by atoms with E-state index in [9.17, 15) is 40.7 Å². The van der Waals surface area contributed by atoms with Crippen molar-refractivity contribution < 1.29 is 45.5 Å². The first-order valence-electron chi connectivity index (χ1n) is 11.8. The van der Waals surface area contributed by atoms with E-state index in [4.69, 9.17) is 4.74 Å². The molecule has 3 amide bonds. The molecule has 0 bridgehead atoms. The molecule has 1 aliphatic rings. The minimum atomic E-state index is -5.14. The lowest BCUT2D eigenvalue weighted by molar-refractivity contribution is -0.143. The van der Waals surface area contributed by atoms with Gasteiger partial charge < -0.3 is 19.9 Å². The van der Waals surface area contributed by atoms with Crippen molar-refractivity contribution in [3.8, 4) is 0 Å². The Bertz CT molecular complexity index is 1200. The van der Waals surface area contributed by atoms with Gasteiger partial charge in [-0.15, -0.1) is 0 Å². The highest BCUT2D eigenvalue weighted by Crippen LogP contribution is 2.46. The van der Waals surface area contributed by atoms with Crippen LogP contribution in [0, 0.1) is 0 Å². The van der Waals surface area contributed by atoms with Crippen LogP contribution in [0.3, 0.4) is 0 Å². The van der Waals surface area contributed by atoms with Gasteiger partial charge in [0.05, 0.1) is 29.7 Å². The first-order valence-corrected chi connectivity index (χ1v) is 11.8. The Labute approximate surface area is 220 Å². The summed E-state index contributed by atoms with van der Waals surface area (Å²) in [7, 11) is 4.30. The number of benzene rings is 2. The first-order chi connectivity index (χ1) is 18.2. The van der Waals surface area contributed by atoms with Crippen LogP contribution in [0.2, 0.25) is 0 Å². The van der Waals surface area contributed by atoms with Crippen molar-refractivity contribution in [2.45, 2.75) is 30.7 Å². The maximum absolute atomic E-state index is 13.7. The molecule has 2 aromatic rings. The highest BCUT2D eigenvalue weighted by molar-refractivity contribution is 6.01. The average Bonchev–Trinajstić information content (AvgIpc) is 2.86. The summed E-state index contributed by atoms with van der Waals surface area (Å²) in [6.45, 7) is -0.259. The molecule has 13 heteroatoms. The van der Waals surface area contributed by atoms with Crippen LogP contribution in [0.25, 0.3) is 0 Å². The number of halogens is 6. The van der Waals surface area contributed by atoms with Crippen LogP contribution >= 0.6 is 0 Å². The van der Waals surface area contributed by atoms with Crippen molar-refractivity contribution in [1.29, 1.82) is 0 Å². The van der Waals surface area contributed by atoms with Crippen LogP contribution in [-0.4, -0.2) is 68.4 Å². The summed E-state index contributed by atoms with van der Waals surface area (Å²) in [6.07, 6.45) is -10.6. The zero-order chi connectivity index (χ0) is 29.1. The number of ether oxygens (including phenoxy) is 1. The van der Waals surface area contributed by atoms with Gasteiger partial charge in [-0.2, -0.15) is 26.3 Å². The van der Waals surface area contributed by atoms with Gasteiger partial charge in [-0.3, -0.25) is 14.4 Å². The van der Waals surface area contributed by atoms with E-state index in [1.165, 1.54) is 50.4 Å². The number of hydrogen-bond donors (Lipinski definition) is 1. The standard InChI is InChI=1S/C26H27F6N3O4/c1-34(2)20(36)8-10-35-22(15-12-16(25(27,28)29)14-17(13-15)26(30,31)32)21(23(37)33-9-11-39-3)18-6-4-5-7-19(18)24(35)38/h4-7,12-14,21-22H,8-11H2,1-3H3,(H,33,37). The van der Waals surface area contributed by atoms with Gasteiger partial charge in [-0.25, -0.2) is 0 Å². The average molecular weight is 560 g/mol. The molecule has 2 atom stereocenters. The lowest BCUT2D eigenvalue weighted by Crippen LogP contribution is -2.48. The number of carbonyl (C=O) groups is 3. The quantitative estimate of drug-likeness (QED) is 0.388. The van der Waals surface area contributed by atoms with E-state index in [1.54, 1.807) is 0 Å². The minimum Gasteiger partial charge on any atom is -0.383 e. The third kappa shape index (κ3) is 6.70. The van der Waals surface area contributed by atoms with Gasteiger partial charge in [0.25, 0.3) is 5.91 Å². The lowest BCUT2D eigenvalue weighted by atomic mass is 9.78. The van der Waals surface area contributed by atoms with Crippen molar-refractivity contribution in [3.63, 3.8) is 0 Å². The molecule has 0 radical (unpaired) electrons. The number of rotatable bonds is 8. The van der Waals surface area contributed by atoms with Gasteiger partial charge in [0.15, 0.2) is 0 Å². The molecule has 0 aromatic heterocycles. The van der Waals surface area contributed by atoms with Crippen LogP contribution in [0.15, 0.2) is 42.5 Å². The molecule has 0 saturated heterocycles. The van der Waals surface area contributed by atoms with Crippen LogP contribution in [0.1, 0.15) is 51.0 Å². The first kappa shape index (κ1) is 29.9.